The first-order valence-electron chi connectivity index (χ1n) is 7.53. The Hall–Kier alpha value is -1.26. The molecule has 1 atom stereocenters. The highest BCUT2D eigenvalue weighted by atomic mass is 16.5. The third kappa shape index (κ3) is 2.38. The number of rotatable bonds is 3. The lowest BCUT2D eigenvalue weighted by molar-refractivity contribution is 0.150. The highest BCUT2D eigenvalue weighted by molar-refractivity contribution is 5.51. The molecule has 0 aromatic heterocycles. The topological polar surface area (TPSA) is 33.7 Å². The van der Waals surface area contributed by atoms with Gasteiger partial charge in [0, 0.05) is 24.2 Å². The maximum Gasteiger partial charge on any atom is 0.124 e. The number of fused-ring (bicyclic) bond motifs is 1. The van der Waals surface area contributed by atoms with Gasteiger partial charge in [0.05, 0.1) is 20.3 Å². The lowest BCUT2D eigenvalue weighted by Gasteiger charge is -2.39. The number of likely N-dealkylation sites (tertiary alicyclic amines) is 1. The van der Waals surface area contributed by atoms with Crippen LogP contribution in [0.25, 0.3) is 0 Å². The van der Waals surface area contributed by atoms with Gasteiger partial charge >= 0.3 is 0 Å². The molecular formula is C16H24N2O2. The Morgan fingerprint density at radius 2 is 1.75 bits per heavy atom. The van der Waals surface area contributed by atoms with E-state index in [1.54, 1.807) is 14.2 Å². The van der Waals surface area contributed by atoms with E-state index in [1.807, 2.05) is 12.1 Å². The molecule has 110 valence electrons. The van der Waals surface area contributed by atoms with E-state index >= 15 is 0 Å². The monoisotopic (exact) mass is 276 g/mol. The molecule has 0 aliphatic carbocycles. The SMILES string of the molecule is COc1ccc(OC)c2c1CNC[C@@H]2N1CCCCC1. The molecule has 0 unspecified atom stereocenters. The second-order valence-corrected chi connectivity index (χ2v) is 5.61. The number of nitrogens with one attached hydrogen (secondary N) is 1. The first-order chi connectivity index (χ1) is 9.85. The van der Waals surface area contributed by atoms with E-state index in [1.165, 1.54) is 43.5 Å². The molecule has 3 rings (SSSR count). The number of methoxy groups -OCH3 is 2. The fourth-order valence-electron chi connectivity index (χ4n) is 3.52. The van der Waals surface area contributed by atoms with Crippen LogP contribution in [0.4, 0.5) is 0 Å². The Balaban J connectivity index is 2.01. The van der Waals surface area contributed by atoms with Crippen LogP contribution in [0.5, 0.6) is 11.5 Å². The summed E-state index contributed by atoms with van der Waals surface area (Å²) in [4.78, 5) is 2.59. The molecule has 1 N–H and O–H groups in total. The van der Waals surface area contributed by atoms with Crippen molar-refractivity contribution in [3.63, 3.8) is 0 Å². The molecule has 0 amide bonds. The van der Waals surface area contributed by atoms with Crippen molar-refractivity contribution in [2.24, 2.45) is 0 Å². The van der Waals surface area contributed by atoms with Gasteiger partial charge in [-0.1, -0.05) is 6.42 Å². The molecule has 4 heteroatoms. The molecule has 0 saturated carbocycles. The van der Waals surface area contributed by atoms with Crippen molar-refractivity contribution < 1.29 is 9.47 Å². The van der Waals surface area contributed by atoms with Gasteiger partial charge in [-0.2, -0.15) is 0 Å². The van der Waals surface area contributed by atoms with Crippen LogP contribution in [0.15, 0.2) is 12.1 Å². The summed E-state index contributed by atoms with van der Waals surface area (Å²) >= 11 is 0. The molecule has 0 spiro atoms. The van der Waals surface area contributed by atoms with E-state index in [-0.39, 0.29) is 0 Å². The predicted molar refractivity (Wildman–Crippen MR) is 79.4 cm³/mol. The minimum Gasteiger partial charge on any atom is -0.496 e. The lowest BCUT2D eigenvalue weighted by atomic mass is 9.92. The average molecular weight is 276 g/mol. The second-order valence-electron chi connectivity index (χ2n) is 5.61. The summed E-state index contributed by atoms with van der Waals surface area (Å²) in [7, 11) is 3.50. The summed E-state index contributed by atoms with van der Waals surface area (Å²) in [5.74, 6) is 1.97. The van der Waals surface area contributed by atoms with E-state index < -0.39 is 0 Å². The van der Waals surface area contributed by atoms with Crippen molar-refractivity contribution in [3.05, 3.63) is 23.3 Å². The Labute approximate surface area is 121 Å². The zero-order valence-corrected chi connectivity index (χ0v) is 12.4. The van der Waals surface area contributed by atoms with Crippen LogP contribution in [0.3, 0.4) is 0 Å². The van der Waals surface area contributed by atoms with Crippen molar-refractivity contribution >= 4 is 0 Å². The highest BCUT2D eigenvalue weighted by Gasteiger charge is 2.31. The Morgan fingerprint density at radius 1 is 1.05 bits per heavy atom. The van der Waals surface area contributed by atoms with E-state index in [2.05, 4.69) is 10.2 Å². The normalized spacial score (nSPS) is 23.2. The number of hydrogen-bond acceptors (Lipinski definition) is 4. The maximum atomic E-state index is 5.62. The van der Waals surface area contributed by atoms with Gasteiger partial charge in [0.15, 0.2) is 0 Å². The van der Waals surface area contributed by atoms with Crippen LogP contribution >= 0.6 is 0 Å². The van der Waals surface area contributed by atoms with Crippen LogP contribution in [0, 0.1) is 0 Å². The molecule has 0 bridgehead atoms. The van der Waals surface area contributed by atoms with Gasteiger partial charge in [0.25, 0.3) is 0 Å². The van der Waals surface area contributed by atoms with Crippen LogP contribution in [0.2, 0.25) is 0 Å². The molecule has 1 fully saturated rings. The van der Waals surface area contributed by atoms with Gasteiger partial charge < -0.3 is 14.8 Å². The minimum absolute atomic E-state index is 0.407. The Kier molecular flexibility index (Phi) is 4.13. The van der Waals surface area contributed by atoms with Crippen LogP contribution < -0.4 is 14.8 Å². The van der Waals surface area contributed by atoms with Crippen LogP contribution in [-0.4, -0.2) is 38.8 Å². The highest BCUT2D eigenvalue weighted by Crippen LogP contribution is 2.40. The van der Waals surface area contributed by atoms with Crippen molar-refractivity contribution in [2.45, 2.75) is 31.8 Å². The molecule has 0 radical (unpaired) electrons. The van der Waals surface area contributed by atoms with Gasteiger partial charge in [-0.3, -0.25) is 4.90 Å². The fourth-order valence-corrected chi connectivity index (χ4v) is 3.52. The maximum absolute atomic E-state index is 5.62. The van der Waals surface area contributed by atoms with Crippen LogP contribution in [-0.2, 0) is 6.54 Å². The summed E-state index contributed by atoms with van der Waals surface area (Å²) in [6, 6.07) is 4.46. The third-order valence-corrected chi connectivity index (χ3v) is 4.52. The van der Waals surface area contributed by atoms with Gasteiger partial charge in [0.2, 0.25) is 0 Å². The summed E-state index contributed by atoms with van der Waals surface area (Å²) in [5, 5.41) is 3.54. The number of benzene rings is 1. The zero-order chi connectivity index (χ0) is 13.9. The standard InChI is InChI=1S/C16H24N2O2/c1-19-14-6-7-15(20-2)16-12(14)10-17-11-13(16)18-8-4-3-5-9-18/h6-7,13,17H,3-5,8-11H2,1-2H3/t13-/m0/s1. The van der Waals surface area contributed by atoms with E-state index in [0.717, 1.165) is 24.6 Å². The van der Waals surface area contributed by atoms with Crippen LogP contribution in [0.1, 0.15) is 36.4 Å². The Morgan fingerprint density at radius 3 is 2.45 bits per heavy atom. The fraction of sp³-hybridized carbons (Fsp3) is 0.625. The van der Waals surface area contributed by atoms with Crippen molar-refractivity contribution in [1.29, 1.82) is 0 Å². The summed E-state index contributed by atoms with van der Waals surface area (Å²) in [6.07, 6.45) is 3.97. The second kappa shape index (κ2) is 6.02. The number of ether oxygens (including phenoxy) is 2. The summed E-state index contributed by atoms with van der Waals surface area (Å²) in [5.41, 5.74) is 2.58. The van der Waals surface area contributed by atoms with Gasteiger partial charge in [0.1, 0.15) is 11.5 Å². The smallest absolute Gasteiger partial charge is 0.124 e. The zero-order valence-electron chi connectivity index (χ0n) is 12.4. The third-order valence-electron chi connectivity index (χ3n) is 4.52. The average Bonchev–Trinajstić information content (AvgIpc) is 2.54. The molecule has 2 heterocycles. The van der Waals surface area contributed by atoms with Gasteiger partial charge in [-0.15, -0.1) is 0 Å². The lowest BCUT2D eigenvalue weighted by Crippen LogP contribution is -2.42. The first kappa shape index (κ1) is 13.7. The molecule has 1 saturated heterocycles. The number of piperidine rings is 1. The van der Waals surface area contributed by atoms with E-state index in [9.17, 15) is 0 Å². The van der Waals surface area contributed by atoms with E-state index in [4.69, 9.17) is 9.47 Å². The molecule has 1 aromatic carbocycles. The minimum atomic E-state index is 0.407. The van der Waals surface area contributed by atoms with Crippen molar-refractivity contribution in [3.8, 4) is 11.5 Å². The molecule has 4 nitrogen and oxygen atoms in total. The number of nitrogens with zero attached hydrogens (tertiary/aromatic N) is 1. The molecular weight excluding hydrogens is 252 g/mol. The van der Waals surface area contributed by atoms with E-state index in [0.29, 0.717) is 6.04 Å². The quantitative estimate of drug-likeness (QED) is 0.919. The van der Waals surface area contributed by atoms with Crippen molar-refractivity contribution in [1.82, 2.24) is 10.2 Å². The van der Waals surface area contributed by atoms with Gasteiger partial charge in [-0.25, -0.2) is 0 Å². The largest absolute Gasteiger partial charge is 0.496 e. The van der Waals surface area contributed by atoms with Crippen molar-refractivity contribution in [2.75, 3.05) is 33.9 Å². The molecule has 1 aromatic rings. The summed E-state index contributed by atoms with van der Waals surface area (Å²) in [6.45, 7) is 4.23. The predicted octanol–water partition coefficient (Wildman–Crippen LogP) is 2.33. The molecule has 2 aliphatic rings. The number of hydrogen-bond donors (Lipinski definition) is 1. The Bertz CT molecular complexity index is 470. The summed E-state index contributed by atoms with van der Waals surface area (Å²) < 4.78 is 11.2. The molecule has 20 heavy (non-hydrogen) atoms. The van der Waals surface area contributed by atoms with Gasteiger partial charge in [-0.05, 0) is 38.1 Å². The first-order valence-corrected chi connectivity index (χ1v) is 7.53. The molecule has 2 aliphatic heterocycles.